The van der Waals surface area contributed by atoms with Gasteiger partial charge in [0.2, 0.25) is 0 Å². The van der Waals surface area contributed by atoms with Crippen LogP contribution in [0, 0.1) is 11.8 Å². The molecule has 0 saturated heterocycles. The van der Waals surface area contributed by atoms with Gasteiger partial charge in [-0.1, -0.05) is 6.42 Å². The fourth-order valence-corrected chi connectivity index (χ4v) is 1.99. The molecule has 50 valence electrons. The summed E-state index contributed by atoms with van der Waals surface area (Å²) in [6, 6.07) is 0. The molecule has 2 aliphatic rings. The molecule has 0 radical (unpaired) electrons. The molecule has 2 fully saturated rings. The first-order valence-corrected chi connectivity index (χ1v) is 3.48. The van der Waals surface area contributed by atoms with Crippen molar-refractivity contribution in [2.45, 2.75) is 25.4 Å². The zero-order chi connectivity index (χ0) is 6.43. The van der Waals surface area contributed by atoms with Gasteiger partial charge in [-0.2, -0.15) is 0 Å². The second-order valence-electron chi connectivity index (χ2n) is 3.01. The monoisotopic (exact) mass is 128 g/mol. The van der Waals surface area contributed by atoms with Gasteiger partial charge in [-0.05, 0) is 12.8 Å². The van der Waals surface area contributed by atoms with Crippen LogP contribution in [0.4, 0.5) is 4.39 Å². The summed E-state index contributed by atoms with van der Waals surface area (Å²) in [4.78, 5) is 10.7. The van der Waals surface area contributed by atoms with Crippen LogP contribution < -0.4 is 0 Å². The van der Waals surface area contributed by atoms with Gasteiger partial charge in [0, 0.05) is 11.8 Å². The summed E-state index contributed by atoms with van der Waals surface area (Å²) >= 11 is 0. The van der Waals surface area contributed by atoms with Crippen LogP contribution in [0.25, 0.3) is 0 Å². The molecule has 0 amide bonds. The van der Waals surface area contributed by atoms with E-state index >= 15 is 0 Å². The molecule has 0 bridgehead atoms. The maximum atomic E-state index is 12.5. The number of alkyl halides is 1. The quantitative estimate of drug-likeness (QED) is 0.481. The molecule has 2 rings (SSSR count). The second kappa shape index (κ2) is 1.55. The molecule has 3 atom stereocenters. The van der Waals surface area contributed by atoms with Crippen molar-refractivity contribution in [1.82, 2.24) is 0 Å². The average molecular weight is 128 g/mol. The summed E-state index contributed by atoms with van der Waals surface area (Å²) in [6.07, 6.45) is 1.86. The van der Waals surface area contributed by atoms with E-state index in [0.717, 1.165) is 19.3 Å². The molecule has 0 N–H and O–H groups in total. The van der Waals surface area contributed by atoms with Crippen molar-refractivity contribution >= 4 is 5.78 Å². The number of Topliss-reactive ketones (excluding diaryl/α,β-unsaturated/α-hetero) is 1. The van der Waals surface area contributed by atoms with E-state index in [9.17, 15) is 9.18 Å². The Labute approximate surface area is 53.2 Å². The molecule has 0 heterocycles. The Balaban J connectivity index is 2.14. The minimum atomic E-state index is -1.09. The third-order valence-electron chi connectivity index (χ3n) is 2.58. The molecule has 2 aliphatic carbocycles. The number of hydrogen-bond acceptors (Lipinski definition) is 1. The standard InChI is InChI=1S/C7H9FO/c8-6-4-2-1-3-5(4)7(6)9/h4-6H,1-3H2/t4-,5+,6-/m1/s1. The van der Waals surface area contributed by atoms with Crippen molar-refractivity contribution in [2.75, 3.05) is 0 Å². The van der Waals surface area contributed by atoms with Gasteiger partial charge in [0.15, 0.2) is 12.0 Å². The predicted molar refractivity (Wildman–Crippen MR) is 30.7 cm³/mol. The van der Waals surface area contributed by atoms with Gasteiger partial charge in [-0.15, -0.1) is 0 Å². The van der Waals surface area contributed by atoms with E-state index in [2.05, 4.69) is 0 Å². The van der Waals surface area contributed by atoms with Crippen molar-refractivity contribution in [3.8, 4) is 0 Å². The first-order chi connectivity index (χ1) is 4.30. The van der Waals surface area contributed by atoms with Crippen LogP contribution in [0.3, 0.4) is 0 Å². The van der Waals surface area contributed by atoms with Crippen LogP contribution in [0.5, 0.6) is 0 Å². The molecule has 1 nitrogen and oxygen atoms in total. The highest BCUT2D eigenvalue weighted by molar-refractivity contribution is 5.92. The van der Waals surface area contributed by atoms with Crippen LogP contribution in [0.15, 0.2) is 0 Å². The third kappa shape index (κ3) is 0.511. The van der Waals surface area contributed by atoms with Gasteiger partial charge < -0.3 is 0 Å². The zero-order valence-electron chi connectivity index (χ0n) is 5.14. The lowest BCUT2D eigenvalue weighted by atomic mass is 9.73. The van der Waals surface area contributed by atoms with Crippen LogP contribution in [-0.4, -0.2) is 12.0 Å². The first-order valence-electron chi connectivity index (χ1n) is 3.48. The average Bonchev–Trinajstić information content (AvgIpc) is 2.30. The van der Waals surface area contributed by atoms with Crippen LogP contribution in [0.2, 0.25) is 0 Å². The Morgan fingerprint density at radius 3 is 2.89 bits per heavy atom. The lowest BCUT2D eigenvalue weighted by Gasteiger charge is -2.32. The maximum absolute atomic E-state index is 12.5. The topological polar surface area (TPSA) is 17.1 Å². The molecule has 0 aliphatic heterocycles. The van der Waals surface area contributed by atoms with E-state index in [1.54, 1.807) is 0 Å². The minimum Gasteiger partial charge on any atom is -0.296 e. The number of halogens is 1. The number of ketones is 1. The molecular formula is C7H9FO. The summed E-state index contributed by atoms with van der Waals surface area (Å²) in [6.45, 7) is 0. The van der Waals surface area contributed by atoms with Gasteiger partial charge >= 0.3 is 0 Å². The van der Waals surface area contributed by atoms with Crippen LogP contribution in [-0.2, 0) is 4.79 Å². The van der Waals surface area contributed by atoms with Gasteiger partial charge in [-0.25, -0.2) is 4.39 Å². The fraction of sp³-hybridized carbons (Fsp3) is 0.857. The number of carbonyl (C=O) groups is 1. The highest BCUT2D eigenvalue weighted by Crippen LogP contribution is 2.45. The van der Waals surface area contributed by atoms with E-state index in [4.69, 9.17) is 0 Å². The van der Waals surface area contributed by atoms with Crippen molar-refractivity contribution in [3.05, 3.63) is 0 Å². The molecule has 0 aromatic carbocycles. The van der Waals surface area contributed by atoms with Gasteiger partial charge in [-0.3, -0.25) is 4.79 Å². The summed E-state index contributed by atoms with van der Waals surface area (Å²) in [5.41, 5.74) is 0. The Morgan fingerprint density at radius 2 is 2.22 bits per heavy atom. The van der Waals surface area contributed by atoms with E-state index in [-0.39, 0.29) is 17.6 Å². The largest absolute Gasteiger partial charge is 0.296 e. The van der Waals surface area contributed by atoms with Crippen molar-refractivity contribution in [3.63, 3.8) is 0 Å². The van der Waals surface area contributed by atoms with E-state index in [1.165, 1.54) is 0 Å². The molecule has 0 spiro atoms. The summed E-state index contributed by atoms with van der Waals surface area (Å²) in [5, 5.41) is 0. The molecule has 0 aromatic heterocycles. The molecule has 0 aromatic rings. The lowest BCUT2D eigenvalue weighted by molar-refractivity contribution is -0.142. The molecule has 2 saturated carbocycles. The molecule has 2 heteroatoms. The first kappa shape index (κ1) is 5.39. The second-order valence-corrected chi connectivity index (χ2v) is 3.01. The summed E-state index contributed by atoms with van der Waals surface area (Å²) in [5.74, 6) is 0.120. The number of fused-ring (bicyclic) bond motifs is 1. The lowest BCUT2D eigenvalue weighted by Crippen LogP contribution is -2.46. The smallest absolute Gasteiger partial charge is 0.170 e. The zero-order valence-corrected chi connectivity index (χ0v) is 5.14. The van der Waals surface area contributed by atoms with Crippen molar-refractivity contribution in [1.29, 1.82) is 0 Å². The molecular weight excluding hydrogens is 119 g/mol. The van der Waals surface area contributed by atoms with Crippen LogP contribution >= 0.6 is 0 Å². The van der Waals surface area contributed by atoms with E-state index in [0.29, 0.717) is 0 Å². The third-order valence-corrected chi connectivity index (χ3v) is 2.58. The number of carbonyl (C=O) groups excluding carboxylic acids is 1. The van der Waals surface area contributed by atoms with Crippen molar-refractivity contribution in [2.24, 2.45) is 11.8 Å². The Morgan fingerprint density at radius 1 is 1.44 bits per heavy atom. The SMILES string of the molecule is O=C1[C@H]2CCC[C@H]2[C@H]1F. The molecule has 0 unspecified atom stereocenters. The highest BCUT2D eigenvalue weighted by Gasteiger charge is 2.52. The van der Waals surface area contributed by atoms with Crippen LogP contribution in [0.1, 0.15) is 19.3 Å². The van der Waals surface area contributed by atoms with Gasteiger partial charge in [0.05, 0.1) is 0 Å². The highest BCUT2D eigenvalue weighted by atomic mass is 19.1. The maximum Gasteiger partial charge on any atom is 0.170 e. The van der Waals surface area contributed by atoms with Gasteiger partial charge in [0.25, 0.3) is 0 Å². The number of hydrogen-bond donors (Lipinski definition) is 0. The number of rotatable bonds is 0. The Hall–Kier alpha value is -0.400. The Kier molecular flexibility index (Phi) is 0.930. The van der Waals surface area contributed by atoms with Crippen molar-refractivity contribution < 1.29 is 9.18 Å². The fourth-order valence-electron chi connectivity index (χ4n) is 1.99. The summed E-state index contributed by atoms with van der Waals surface area (Å²) < 4.78 is 12.5. The summed E-state index contributed by atoms with van der Waals surface area (Å²) in [7, 11) is 0. The van der Waals surface area contributed by atoms with Gasteiger partial charge in [0.1, 0.15) is 0 Å². The molecule has 9 heavy (non-hydrogen) atoms. The predicted octanol–water partition coefficient (Wildman–Crippen LogP) is 1.32. The minimum absolute atomic E-state index is 0.123. The van der Waals surface area contributed by atoms with E-state index in [1.807, 2.05) is 0 Å². The Bertz CT molecular complexity index is 155. The van der Waals surface area contributed by atoms with E-state index < -0.39 is 6.17 Å². The normalized spacial score (nSPS) is 48.6.